The summed E-state index contributed by atoms with van der Waals surface area (Å²) in [6, 6.07) is 16.6. The Labute approximate surface area is 173 Å². The van der Waals surface area contributed by atoms with Gasteiger partial charge in [0.25, 0.3) is 0 Å². The Bertz CT molecular complexity index is 856. The molecule has 1 fully saturated rings. The third-order valence-electron chi connectivity index (χ3n) is 6.26. The van der Waals surface area contributed by atoms with Crippen LogP contribution in [0.1, 0.15) is 65.2 Å². The second-order valence-corrected chi connectivity index (χ2v) is 8.23. The summed E-state index contributed by atoms with van der Waals surface area (Å²) in [7, 11) is 0. The Morgan fingerprint density at radius 2 is 1.66 bits per heavy atom. The van der Waals surface area contributed by atoms with Crippen molar-refractivity contribution in [3.05, 3.63) is 70.8 Å². The molecule has 1 amide bonds. The summed E-state index contributed by atoms with van der Waals surface area (Å²) >= 11 is 0. The summed E-state index contributed by atoms with van der Waals surface area (Å²) in [5.74, 6) is 0.0219. The van der Waals surface area contributed by atoms with E-state index in [9.17, 15) is 9.59 Å². The number of ketones is 1. The molecule has 2 aliphatic rings. The van der Waals surface area contributed by atoms with Gasteiger partial charge in [-0.1, -0.05) is 42.5 Å². The number of rotatable bonds is 8. The van der Waals surface area contributed by atoms with E-state index in [-0.39, 0.29) is 30.6 Å². The van der Waals surface area contributed by atoms with E-state index in [1.54, 1.807) is 0 Å². The van der Waals surface area contributed by atoms with Crippen molar-refractivity contribution in [2.45, 2.75) is 51.0 Å². The van der Waals surface area contributed by atoms with E-state index in [1.807, 2.05) is 18.2 Å². The minimum atomic E-state index is -0.0420. The first-order chi connectivity index (χ1) is 14.2. The van der Waals surface area contributed by atoms with Crippen molar-refractivity contribution in [2.75, 3.05) is 19.6 Å². The normalized spacial score (nSPS) is 17.1. The van der Waals surface area contributed by atoms with E-state index in [4.69, 9.17) is 0 Å². The second-order valence-electron chi connectivity index (χ2n) is 8.23. The van der Waals surface area contributed by atoms with Crippen LogP contribution in [0.3, 0.4) is 0 Å². The van der Waals surface area contributed by atoms with E-state index < -0.39 is 0 Å². The summed E-state index contributed by atoms with van der Waals surface area (Å²) < 4.78 is 0. The Morgan fingerprint density at radius 1 is 0.897 bits per heavy atom. The molecule has 1 N–H and O–H groups in total. The van der Waals surface area contributed by atoms with Crippen LogP contribution in [-0.4, -0.2) is 36.2 Å². The van der Waals surface area contributed by atoms with Gasteiger partial charge in [-0.15, -0.1) is 0 Å². The molecule has 4 nitrogen and oxygen atoms in total. The Kier molecular flexibility index (Phi) is 6.40. The van der Waals surface area contributed by atoms with Gasteiger partial charge < -0.3 is 5.32 Å². The zero-order valence-corrected chi connectivity index (χ0v) is 17.0. The Balaban J connectivity index is 1.30. The molecule has 29 heavy (non-hydrogen) atoms. The summed E-state index contributed by atoms with van der Waals surface area (Å²) in [5.41, 5.74) is 4.66. The number of nitrogens with zero attached hydrogens (tertiary/aromatic N) is 1. The number of aryl methyl sites for hydroxylation is 2. The minimum absolute atomic E-state index is 0.0420. The maximum atomic E-state index is 12.5. The molecule has 1 heterocycles. The predicted molar refractivity (Wildman–Crippen MR) is 115 cm³/mol. The molecule has 0 aromatic heterocycles. The topological polar surface area (TPSA) is 49.4 Å². The molecule has 0 saturated carbocycles. The van der Waals surface area contributed by atoms with Gasteiger partial charge in [0.2, 0.25) is 5.91 Å². The van der Waals surface area contributed by atoms with Crippen molar-refractivity contribution in [1.82, 2.24) is 10.2 Å². The number of carbonyl (C=O) groups excluding carboxylic acids is 2. The lowest BCUT2D eigenvalue weighted by Gasteiger charge is -2.28. The fourth-order valence-corrected chi connectivity index (χ4v) is 4.60. The molecule has 0 bridgehead atoms. The van der Waals surface area contributed by atoms with Gasteiger partial charge in [0.1, 0.15) is 0 Å². The quantitative estimate of drug-likeness (QED) is 0.691. The number of likely N-dealkylation sites (tertiary alicyclic amines) is 1. The average molecular weight is 391 g/mol. The van der Waals surface area contributed by atoms with Crippen LogP contribution in [0.15, 0.2) is 48.5 Å². The van der Waals surface area contributed by atoms with Gasteiger partial charge in [0, 0.05) is 24.9 Å². The highest BCUT2D eigenvalue weighted by molar-refractivity contribution is 5.98. The van der Waals surface area contributed by atoms with Crippen molar-refractivity contribution in [3.8, 4) is 0 Å². The number of carbonyl (C=O) groups is 2. The van der Waals surface area contributed by atoms with E-state index in [2.05, 4.69) is 40.5 Å². The van der Waals surface area contributed by atoms with E-state index >= 15 is 0 Å². The molecule has 0 radical (unpaired) electrons. The molecule has 1 aliphatic carbocycles. The number of benzene rings is 2. The van der Waals surface area contributed by atoms with Gasteiger partial charge in [-0.25, -0.2) is 0 Å². The van der Waals surface area contributed by atoms with Crippen molar-refractivity contribution in [1.29, 1.82) is 0 Å². The highest BCUT2D eigenvalue weighted by Gasteiger charge is 2.24. The number of hydrogen-bond acceptors (Lipinski definition) is 3. The fraction of sp³-hybridized carbons (Fsp3) is 0.440. The lowest BCUT2D eigenvalue weighted by molar-refractivity contribution is -0.121. The van der Waals surface area contributed by atoms with Crippen LogP contribution in [0.5, 0.6) is 0 Å². The first-order valence-electron chi connectivity index (χ1n) is 10.9. The van der Waals surface area contributed by atoms with Crippen LogP contribution >= 0.6 is 0 Å². The first kappa shape index (κ1) is 19.8. The van der Waals surface area contributed by atoms with Gasteiger partial charge in [-0.05, 0) is 68.0 Å². The molecule has 0 spiro atoms. The predicted octanol–water partition coefficient (Wildman–Crippen LogP) is 4.09. The Morgan fingerprint density at radius 3 is 2.45 bits per heavy atom. The third kappa shape index (κ3) is 4.94. The SMILES string of the molecule is O=C(CCC(=O)c1ccc2c(c1)CCC2)NCC(c1ccccc1)N1CCCC1. The summed E-state index contributed by atoms with van der Waals surface area (Å²) in [6.07, 6.45) is 6.30. The molecule has 2 aromatic rings. The van der Waals surface area contributed by atoms with Crippen LogP contribution in [0.2, 0.25) is 0 Å². The van der Waals surface area contributed by atoms with Gasteiger partial charge in [-0.3, -0.25) is 14.5 Å². The van der Waals surface area contributed by atoms with Crippen LogP contribution in [0.4, 0.5) is 0 Å². The average Bonchev–Trinajstić information content (AvgIpc) is 3.44. The number of amides is 1. The molecule has 1 unspecified atom stereocenters. The summed E-state index contributed by atoms with van der Waals surface area (Å²) in [5, 5.41) is 3.07. The zero-order chi connectivity index (χ0) is 20.1. The van der Waals surface area contributed by atoms with Crippen molar-refractivity contribution in [2.24, 2.45) is 0 Å². The fourth-order valence-electron chi connectivity index (χ4n) is 4.60. The lowest BCUT2D eigenvalue weighted by atomic mass is 10.0. The molecule has 4 heteroatoms. The van der Waals surface area contributed by atoms with Gasteiger partial charge in [-0.2, -0.15) is 0 Å². The van der Waals surface area contributed by atoms with Crippen LogP contribution in [-0.2, 0) is 17.6 Å². The molecule has 2 aromatic carbocycles. The molecule has 4 rings (SSSR count). The van der Waals surface area contributed by atoms with Crippen molar-refractivity contribution in [3.63, 3.8) is 0 Å². The number of nitrogens with one attached hydrogen (secondary N) is 1. The van der Waals surface area contributed by atoms with E-state index in [0.29, 0.717) is 6.54 Å². The maximum absolute atomic E-state index is 12.5. The van der Waals surface area contributed by atoms with Crippen LogP contribution < -0.4 is 5.32 Å². The molecule has 1 atom stereocenters. The molecule has 152 valence electrons. The summed E-state index contributed by atoms with van der Waals surface area (Å²) in [4.78, 5) is 27.4. The lowest BCUT2D eigenvalue weighted by Crippen LogP contribution is -2.36. The number of Topliss-reactive ketones (excluding diaryl/α,β-unsaturated/α-hetero) is 1. The summed E-state index contributed by atoms with van der Waals surface area (Å²) in [6.45, 7) is 2.74. The smallest absolute Gasteiger partial charge is 0.220 e. The number of fused-ring (bicyclic) bond motifs is 1. The van der Waals surface area contributed by atoms with Crippen molar-refractivity contribution < 1.29 is 9.59 Å². The highest BCUT2D eigenvalue weighted by Crippen LogP contribution is 2.25. The second kappa shape index (κ2) is 9.36. The number of hydrogen-bond donors (Lipinski definition) is 1. The monoisotopic (exact) mass is 390 g/mol. The van der Waals surface area contributed by atoms with E-state index in [0.717, 1.165) is 31.5 Å². The minimum Gasteiger partial charge on any atom is -0.354 e. The van der Waals surface area contributed by atoms with E-state index in [1.165, 1.54) is 36.0 Å². The van der Waals surface area contributed by atoms with Gasteiger partial charge in [0.05, 0.1) is 6.04 Å². The van der Waals surface area contributed by atoms with Gasteiger partial charge in [0.15, 0.2) is 5.78 Å². The van der Waals surface area contributed by atoms with Crippen LogP contribution in [0.25, 0.3) is 0 Å². The molecular formula is C25H30N2O2. The van der Waals surface area contributed by atoms with Gasteiger partial charge >= 0.3 is 0 Å². The van der Waals surface area contributed by atoms with Crippen LogP contribution in [0, 0.1) is 0 Å². The molecule has 1 saturated heterocycles. The van der Waals surface area contributed by atoms with Crippen molar-refractivity contribution >= 4 is 11.7 Å². The largest absolute Gasteiger partial charge is 0.354 e. The highest BCUT2D eigenvalue weighted by atomic mass is 16.2. The zero-order valence-electron chi connectivity index (χ0n) is 17.0. The first-order valence-corrected chi connectivity index (χ1v) is 10.9. The molecule has 1 aliphatic heterocycles. The molecular weight excluding hydrogens is 360 g/mol. The maximum Gasteiger partial charge on any atom is 0.220 e. The Hall–Kier alpha value is -2.46. The standard InChI is InChI=1S/C25H30N2O2/c28-24(22-12-11-19-9-6-10-21(19)17-22)13-14-25(29)26-18-23(27-15-4-5-16-27)20-7-2-1-3-8-20/h1-3,7-8,11-12,17,23H,4-6,9-10,13-16,18H2,(H,26,29). The third-order valence-corrected chi connectivity index (χ3v) is 6.26.